The quantitative estimate of drug-likeness (QED) is 0.827. The standard InChI is InChI=1S/C17H20N2/c1-12-6-8-14(9-7-12)13(2)19-10-15-4-3-5-17(18)16(15)11-19/h3-9,13H,10-11,18H2,1-2H3. The van der Waals surface area contributed by atoms with E-state index >= 15 is 0 Å². The van der Waals surface area contributed by atoms with Crippen LogP contribution in [-0.4, -0.2) is 4.90 Å². The molecule has 2 nitrogen and oxygen atoms in total. The molecule has 1 aliphatic heterocycles. The summed E-state index contributed by atoms with van der Waals surface area (Å²) in [6.45, 7) is 6.35. The Kier molecular flexibility index (Phi) is 3.03. The van der Waals surface area contributed by atoms with Gasteiger partial charge >= 0.3 is 0 Å². The highest BCUT2D eigenvalue weighted by Crippen LogP contribution is 2.33. The van der Waals surface area contributed by atoms with Crippen molar-refractivity contribution in [3.05, 3.63) is 64.7 Å². The summed E-state index contributed by atoms with van der Waals surface area (Å²) in [6.07, 6.45) is 0. The topological polar surface area (TPSA) is 29.3 Å². The van der Waals surface area contributed by atoms with E-state index in [1.807, 2.05) is 12.1 Å². The number of fused-ring (bicyclic) bond motifs is 1. The molecule has 1 aliphatic rings. The van der Waals surface area contributed by atoms with Crippen molar-refractivity contribution in [3.63, 3.8) is 0 Å². The van der Waals surface area contributed by atoms with E-state index in [0.29, 0.717) is 6.04 Å². The summed E-state index contributed by atoms with van der Waals surface area (Å²) in [6, 6.07) is 15.5. The zero-order valence-corrected chi connectivity index (χ0v) is 11.6. The van der Waals surface area contributed by atoms with Crippen LogP contribution in [0.4, 0.5) is 5.69 Å². The van der Waals surface area contributed by atoms with E-state index in [2.05, 4.69) is 49.1 Å². The summed E-state index contributed by atoms with van der Waals surface area (Å²) in [4.78, 5) is 2.48. The van der Waals surface area contributed by atoms with Crippen molar-refractivity contribution in [2.24, 2.45) is 0 Å². The van der Waals surface area contributed by atoms with Gasteiger partial charge < -0.3 is 5.73 Å². The number of aryl methyl sites for hydroxylation is 1. The molecule has 2 heteroatoms. The van der Waals surface area contributed by atoms with Crippen LogP contribution in [0.5, 0.6) is 0 Å². The maximum absolute atomic E-state index is 6.07. The number of nitrogens with two attached hydrogens (primary N) is 1. The minimum absolute atomic E-state index is 0.424. The molecule has 2 N–H and O–H groups in total. The van der Waals surface area contributed by atoms with Crippen LogP contribution in [0, 0.1) is 6.92 Å². The lowest BCUT2D eigenvalue weighted by Gasteiger charge is -2.24. The van der Waals surface area contributed by atoms with Crippen LogP contribution < -0.4 is 5.73 Å². The molecule has 0 saturated carbocycles. The fourth-order valence-corrected chi connectivity index (χ4v) is 2.80. The van der Waals surface area contributed by atoms with Gasteiger partial charge in [0.05, 0.1) is 0 Å². The highest BCUT2D eigenvalue weighted by atomic mass is 15.2. The van der Waals surface area contributed by atoms with E-state index in [-0.39, 0.29) is 0 Å². The summed E-state index contributed by atoms with van der Waals surface area (Å²) < 4.78 is 0. The number of rotatable bonds is 2. The van der Waals surface area contributed by atoms with Gasteiger partial charge in [-0.3, -0.25) is 4.90 Å². The first-order chi connectivity index (χ1) is 9.15. The third-order valence-corrected chi connectivity index (χ3v) is 4.15. The van der Waals surface area contributed by atoms with Crippen LogP contribution >= 0.6 is 0 Å². The molecule has 2 aromatic rings. The van der Waals surface area contributed by atoms with Crippen LogP contribution in [0.15, 0.2) is 42.5 Å². The molecular formula is C17H20N2. The van der Waals surface area contributed by atoms with Crippen LogP contribution in [0.25, 0.3) is 0 Å². The second kappa shape index (κ2) is 4.71. The first-order valence-electron chi connectivity index (χ1n) is 6.82. The minimum atomic E-state index is 0.424. The summed E-state index contributed by atoms with van der Waals surface area (Å²) >= 11 is 0. The molecular weight excluding hydrogens is 232 g/mol. The van der Waals surface area contributed by atoms with Gasteiger partial charge in [-0.15, -0.1) is 0 Å². The van der Waals surface area contributed by atoms with Gasteiger partial charge in [0.2, 0.25) is 0 Å². The fourth-order valence-electron chi connectivity index (χ4n) is 2.80. The molecule has 1 heterocycles. The molecule has 3 rings (SSSR count). The number of benzene rings is 2. The predicted molar refractivity (Wildman–Crippen MR) is 79.7 cm³/mol. The third-order valence-electron chi connectivity index (χ3n) is 4.15. The lowest BCUT2D eigenvalue weighted by molar-refractivity contribution is 0.215. The van der Waals surface area contributed by atoms with Gasteiger partial charge in [0.25, 0.3) is 0 Å². The van der Waals surface area contributed by atoms with Crippen molar-refractivity contribution < 1.29 is 0 Å². The van der Waals surface area contributed by atoms with Crippen LogP contribution in [-0.2, 0) is 13.1 Å². The highest BCUT2D eigenvalue weighted by Gasteiger charge is 2.25. The molecule has 0 amide bonds. The minimum Gasteiger partial charge on any atom is -0.398 e. The summed E-state index contributed by atoms with van der Waals surface area (Å²) in [5.74, 6) is 0. The molecule has 0 aromatic heterocycles. The zero-order chi connectivity index (χ0) is 13.4. The molecule has 0 saturated heterocycles. The number of nitrogens with zero attached hydrogens (tertiary/aromatic N) is 1. The molecule has 19 heavy (non-hydrogen) atoms. The second-order valence-electron chi connectivity index (χ2n) is 5.48. The molecule has 1 unspecified atom stereocenters. The Balaban J connectivity index is 1.82. The first kappa shape index (κ1) is 12.2. The largest absolute Gasteiger partial charge is 0.398 e. The van der Waals surface area contributed by atoms with Crippen molar-refractivity contribution >= 4 is 5.69 Å². The Morgan fingerprint density at radius 3 is 2.47 bits per heavy atom. The molecule has 0 spiro atoms. The Morgan fingerprint density at radius 1 is 1.05 bits per heavy atom. The van der Waals surface area contributed by atoms with E-state index in [1.54, 1.807) is 0 Å². The molecule has 0 aliphatic carbocycles. The molecule has 0 radical (unpaired) electrons. The van der Waals surface area contributed by atoms with E-state index in [4.69, 9.17) is 5.73 Å². The lowest BCUT2D eigenvalue weighted by atomic mass is 10.1. The predicted octanol–water partition coefficient (Wildman–Crippen LogP) is 3.65. The van der Waals surface area contributed by atoms with Gasteiger partial charge in [0.1, 0.15) is 0 Å². The van der Waals surface area contributed by atoms with E-state index in [1.165, 1.54) is 22.3 Å². The Bertz CT molecular complexity index is 587. The zero-order valence-electron chi connectivity index (χ0n) is 11.6. The number of anilines is 1. The third kappa shape index (κ3) is 2.24. The second-order valence-corrected chi connectivity index (χ2v) is 5.48. The summed E-state index contributed by atoms with van der Waals surface area (Å²) in [7, 11) is 0. The van der Waals surface area contributed by atoms with Crippen molar-refractivity contribution in [2.75, 3.05) is 5.73 Å². The Hall–Kier alpha value is -1.80. The van der Waals surface area contributed by atoms with Crippen LogP contribution in [0.2, 0.25) is 0 Å². The monoisotopic (exact) mass is 252 g/mol. The van der Waals surface area contributed by atoms with Crippen LogP contribution in [0.3, 0.4) is 0 Å². The maximum atomic E-state index is 6.07. The number of hydrogen-bond donors (Lipinski definition) is 1. The SMILES string of the molecule is Cc1ccc(C(C)N2Cc3cccc(N)c3C2)cc1. The highest BCUT2D eigenvalue weighted by molar-refractivity contribution is 5.52. The molecule has 0 fully saturated rings. The Labute approximate surface area is 114 Å². The number of nitrogen functional groups attached to an aromatic ring is 1. The normalized spacial score (nSPS) is 16.3. The number of hydrogen-bond acceptors (Lipinski definition) is 2. The molecule has 98 valence electrons. The first-order valence-corrected chi connectivity index (χ1v) is 6.82. The molecule has 2 aromatic carbocycles. The van der Waals surface area contributed by atoms with E-state index < -0.39 is 0 Å². The smallest absolute Gasteiger partial charge is 0.0363 e. The summed E-state index contributed by atoms with van der Waals surface area (Å²) in [5.41, 5.74) is 12.4. The van der Waals surface area contributed by atoms with E-state index in [0.717, 1.165) is 18.8 Å². The fraction of sp³-hybridized carbons (Fsp3) is 0.294. The van der Waals surface area contributed by atoms with Gasteiger partial charge in [0.15, 0.2) is 0 Å². The van der Waals surface area contributed by atoms with Crippen LogP contribution in [0.1, 0.15) is 35.2 Å². The summed E-state index contributed by atoms with van der Waals surface area (Å²) in [5, 5.41) is 0. The van der Waals surface area contributed by atoms with Crippen molar-refractivity contribution in [3.8, 4) is 0 Å². The average molecular weight is 252 g/mol. The molecule has 1 atom stereocenters. The van der Waals surface area contributed by atoms with Gasteiger partial charge in [-0.05, 0) is 36.6 Å². The van der Waals surface area contributed by atoms with Gasteiger partial charge in [-0.25, -0.2) is 0 Å². The lowest BCUT2D eigenvalue weighted by Crippen LogP contribution is -2.20. The Morgan fingerprint density at radius 2 is 1.79 bits per heavy atom. The molecule has 0 bridgehead atoms. The average Bonchev–Trinajstić information content (AvgIpc) is 2.84. The van der Waals surface area contributed by atoms with Crippen molar-refractivity contribution in [2.45, 2.75) is 33.0 Å². The van der Waals surface area contributed by atoms with Gasteiger partial charge in [-0.2, -0.15) is 0 Å². The van der Waals surface area contributed by atoms with Gasteiger partial charge in [0, 0.05) is 24.8 Å². The van der Waals surface area contributed by atoms with E-state index in [9.17, 15) is 0 Å². The van der Waals surface area contributed by atoms with Gasteiger partial charge in [-0.1, -0.05) is 42.0 Å². The van der Waals surface area contributed by atoms with Crippen molar-refractivity contribution in [1.29, 1.82) is 0 Å². The van der Waals surface area contributed by atoms with Crippen molar-refractivity contribution in [1.82, 2.24) is 4.90 Å². The maximum Gasteiger partial charge on any atom is 0.0363 e.